The van der Waals surface area contributed by atoms with Crippen LogP contribution in [0.1, 0.15) is 11.1 Å². The molecule has 3 heteroatoms. The fourth-order valence-electron chi connectivity index (χ4n) is 1.54. The fourth-order valence-corrected chi connectivity index (χ4v) is 1.81. The van der Waals surface area contributed by atoms with E-state index in [-0.39, 0.29) is 0 Å². The SMILES string of the molecule is Brc1ccc(C=NCCN=Cc2ccccc2)cc1. The lowest BCUT2D eigenvalue weighted by molar-refractivity contribution is 0.985. The Labute approximate surface area is 122 Å². The zero-order valence-corrected chi connectivity index (χ0v) is 12.1. The van der Waals surface area contributed by atoms with Crippen LogP contribution in [-0.4, -0.2) is 25.5 Å². The van der Waals surface area contributed by atoms with Crippen molar-refractivity contribution in [1.82, 2.24) is 0 Å². The van der Waals surface area contributed by atoms with Crippen LogP contribution in [0.25, 0.3) is 0 Å². The maximum atomic E-state index is 4.35. The van der Waals surface area contributed by atoms with Crippen molar-refractivity contribution >= 4 is 28.4 Å². The molecule has 0 radical (unpaired) electrons. The van der Waals surface area contributed by atoms with Crippen LogP contribution >= 0.6 is 15.9 Å². The predicted octanol–water partition coefficient (Wildman–Crippen LogP) is 3.99. The summed E-state index contributed by atoms with van der Waals surface area (Å²) >= 11 is 3.41. The Morgan fingerprint density at radius 3 is 1.84 bits per heavy atom. The number of benzene rings is 2. The van der Waals surface area contributed by atoms with Crippen LogP contribution in [0.5, 0.6) is 0 Å². The third kappa shape index (κ3) is 5.18. The van der Waals surface area contributed by atoms with Crippen LogP contribution in [0.2, 0.25) is 0 Å². The topological polar surface area (TPSA) is 24.7 Å². The number of halogens is 1. The van der Waals surface area contributed by atoms with Crippen molar-refractivity contribution in [2.45, 2.75) is 0 Å². The molecule has 0 aliphatic rings. The van der Waals surface area contributed by atoms with Gasteiger partial charge in [-0.2, -0.15) is 0 Å². The summed E-state index contributed by atoms with van der Waals surface area (Å²) in [4.78, 5) is 8.69. The summed E-state index contributed by atoms with van der Waals surface area (Å²) < 4.78 is 1.08. The van der Waals surface area contributed by atoms with Crippen molar-refractivity contribution in [2.24, 2.45) is 9.98 Å². The van der Waals surface area contributed by atoms with Gasteiger partial charge in [-0.15, -0.1) is 0 Å². The lowest BCUT2D eigenvalue weighted by Crippen LogP contribution is -1.90. The number of hydrogen-bond donors (Lipinski definition) is 0. The third-order valence-corrected chi connectivity index (χ3v) is 3.04. The highest BCUT2D eigenvalue weighted by Gasteiger charge is 1.87. The fraction of sp³-hybridized carbons (Fsp3) is 0.125. The quantitative estimate of drug-likeness (QED) is 0.589. The molecule has 0 aliphatic carbocycles. The van der Waals surface area contributed by atoms with Crippen molar-refractivity contribution in [2.75, 3.05) is 13.1 Å². The van der Waals surface area contributed by atoms with E-state index in [0.717, 1.165) is 15.6 Å². The predicted molar refractivity (Wildman–Crippen MR) is 85.5 cm³/mol. The highest BCUT2D eigenvalue weighted by Crippen LogP contribution is 2.08. The minimum Gasteiger partial charge on any atom is -0.291 e. The Morgan fingerprint density at radius 1 is 0.737 bits per heavy atom. The highest BCUT2D eigenvalue weighted by atomic mass is 79.9. The van der Waals surface area contributed by atoms with Crippen molar-refractivity contribution in [3.05, 3.63) is 70.2 Å². The second-order valence-corrected chi connectivity index (χ2v) is 4.95. The second kappa shape index (κ2) is 7.64. The normalized spacial score (nSPS) is 11.4. The molecule has 2 nitrogen and oxygen atoms in total. The van der Waals surface area contributed by atoms with Crippen LogP contribution in [-0.2, 0) is 0 Å². The Hall–Kier alpha value is -1.74. The van der Waals surface area contributed by atoms with Gasteiger partial charge in [-0.05, 0) is 23.3 Å². The van der Waals surface area contributed by atoms with Gasteiger partial charge in [0.05, 0.1) is 13.1 Å². The van der Waals surface area contributed by atoms with E-state index in [0.29, 0.717) is 13.1 Å². The Kier molecular flexibility index (Phi) is 5.50. The van der Waals surface area contributed by atoms with Crippen molar-refractivity contribution < 1.29 is 0 Å². The molecular weight excluding hydrogens is 300 g/mol. The van der Waals surface area contributed by atoms with Crippen LogP contribution < -0.4 is 0 Å². The Balaban J connectivity index is 1.75. The molecule has 96 valence electrons. The smallest absolute Gasteiger partial charge is 0.0585 e. The van der Waals surface area contributed by atoms with E-state index in [1.165, 1.54) is 0 Å². The number of nitrogens with zero attached hydrogens (tertiary/aromatic N) is 2. The summed E-state index contributed by atoms with van der Waals surface area (Å²) in [6, 6.07) is 18.2. The van der Waals surface area contributed by atoms with Gasteiger partial charge in [0.25, 0.3) is 0 Å². The van der Waals surface area contributed by atoms with Gasteiger partial charge in [0, 0.05) is 16.9 Å². The standard InChI is InChI=1S/C16H15BrN2/c17-16-8-6-15(7-9-16)13-19-11-10-18-12-14-4-2-1-3-5-14/h1-9,12-13H,10-11H2. The van der Waals surface area contributed by atoms with E-state index in [4.69, 9.17) is 0 Å². The molecule has 0 fully saturated rings. The van der Waals surface area contributed by atoms with Crippen molar-refractivity contribution in [3.8, 4) is 0 Å². The maximum Gasteiger partial charge on any atom is 0.0585 e. The first kappa shape index (κ1) is 13.7. The molecule has 2 aromatic carbocycles. The van der Waals surface area contributed by atoms with Gasteiger partial charge < -0.3 is 0 Å². The molecule has 0 saturated heterocycles. The second-order valence-electron chi connectivity index (χ2n) is 4.03. The molecule has 0 atom stereocenters. The maximum absolute atomic E-state index is 4.35. The minimum absolute atomic E-state index is 0.708. The first-order valence-corrected chi connectivity index (χ1v) is 6.94. The van der Waals surface area contributed by atoms with Crippen LogP contribution in [0.3, 0.4) is 0 Å². The van der Waals surface area contributed by atoms with E-state index in [1.54, 1.807) is 0 Å². The molecule has 2 rings (SSSR count). The van der Waals surface area contributed by atoms with E-state index in [1.807, 2.05) is 67.0 Å². The summed E-state index contributed by atoms with van der Waals surface area (Å²) in [5.41, 5.74) is 2.23. The minimum atomic E-state index is 0.708. The summed E-state index contributed by atoms with van der Waals surface area (Å²) in [5.74, 6) is 0. The van der Waals surface area contributed by atoms with Gasteiger partial charge in [0.15, 0.2) is 0 Å². The van der Waals surface area contributed by atoms with Gasteiger partial charge in [-0.25, -0.2) is 0 Å². The van der Waals surface area contributed by atoms with Gasteiger partial charge >= 0.3 is 0 Å². The molecule has 0 saturated carbocycles. The van der Waals surface area contributed by atoms with Gasteiger partial charge in [-0.3, -0.25) is 9.98 Å². The van der Waals surface area contributed by atoms with E-state index >= 15 is 0 Å². The zero-order chi connectivity index (χ0) is 13.3. The molecule has 0 spiro atoms. The summed E-state index contributed by atoms with van der Waals surface area (Å²) in [5, 5.41) is 0. The van der Waals surface area contributed by atoms with Crippen LogP contribution in [0, 0.1) is 0 Å². The van der Waals surface area contributed by atoms with Crippen LogP contribution in [0.15, 0.2) is 69.1 Å². The molecule has 0 bridgehead atoms. The molecule has 0 aromatic heterocycles. The first-order valence-electron chi connectivity index (χ1n) is 6.15. The van der Waals surface area contributed by atoms with E-state index < -0.39 is 0 Å². The average Bonchev–Trinajstić information content (AvgIpc) is 2.46. The molecule has 0 heterocycles. The lowest BCUT2D eigenvalue weighted by atomic mass is 10.2. The summed E-state index contributed by atoms with van der Waals surface area (Å²) in [6.07, 6.45) is 3.76. The van der Waals surface area contributed by atoms with Gasteiger partial charge in [0.2, 0.25) is 0 Å². The largest absolute Gasteiger partial charge is 0.291 e. The highest BCUT2D eigenvalue weighted by molar-refractivity contribution is 9.10. The molecular formula is C16H15BrN2. The number of rotatable bonds is 5. The molecule has 19 heavy (non-hydrogen) atoms. The molecule has 0 unspecified atom stereocenters. The number of aliphatic imine (C=N–C) groups is 2. The molecule has 0 aliphatic heterocycles. The van der Waals surface area contributed by atoms with E-state index in [2.05, 4.69) is 25.9 Å². The van der Waals surface area contributed by atoms with Gasteiger partial charge in [0.1, 0.15) is 0 Å². The Morgan fingerprint density at radius 2 is 1.26 bits per heavy atom. The monoisotopic (exact) mass is 314 g/mol. The van der Waals surface area contributed by atoms with E-state index in [9.17, 15) is 0 Å². The molecule has 2 aromatic rings. The molecule has 0 N–H and O–H groups in total. The number of hydrogen-bond acceptors (Lipinski definition) is 2. The lowest BCUT2D eigenvalue weighted by Gasteiger charge is -1.94. The summed E-state index contributed by atoms with van der Waals surface area (Å²) in [7, 11) is 0. The summed E-state index contributed by atoms with van der Waals surface area (Å²) in [6.45, 7) is 1.42. The first-order chi connectivity index (χ1) is 9.34. The van der Waals surface area contributed by atoms with Crippen molar-refractivity contribution in [3.63, 3.8) is 0 Å². The third-order valence-electron chi connectivity index (χ3n) is 2.51. The Bertz CT molecular complexity index is 545. The van der Waals surface area contributed by atoms with Gasteiger partial charge in [-0.1, -0.05) is 58.4 Å². The molecule has 0 amide bonds. The average molecular weight is 315 g/mol. The van der Waals surface area contributed by atoms with Crippen LogP contribution in [0.4, 0.5) is 0 Å². The van der Waals surface area contributed by atoms with Crippen molar-refractivity contribution in [1.29, 1.82) is 0 Å². The zero-order valence-electron chi connectivity index (χ0n) is 10.5.